The van der Waals surface area contributed by atoms with Crippen LogP contribution in [0.2, 0.25) is 0 Å². The van der Waals surface area contributed by atoms with Crippen LogP contribution in [0.4, 0.5) is 0 Å². The summed E-state index contributed by atoms with van der Waals surface area (Å²) < 4.78 is 0. The van der Waals surface area contributed by atoms with E-state index in [-0.39, 0.29) is 23.8 Å². The van der Waals surface area contributed by atoms with Crippen LogP contribution in [0.5, 0.6) is 0 Å². The molecule has 0 aromatic carbocycles. The van der Waals surface area contributed by atoms with Crippen LogP contribution in [0.25, 0.3) is 0 Å². The van der Waals surface area contributed by atoms with Crippen LogP contribution in [0, 0.1) is 0 Å². The molecule has 0 aromatic heterocycles. The Morgan fingerprint density at radius 2 is 2.12 bits per heavy atom. The number of carbonyl (C=O) groups excluding carboxylic acids is 2. The largest absolute Gasteiger partial charge is 0.358 e. The zero-order valence-electron chi connectivity index (χ0n) is 10.5. The molecule has 1 aliphatic heterocycles. The number of carbonyl (C=O) groups is 2. The van der Waals surface area contributed by atoms with Crippen LogP contribution in [0.15, 0.2) is 0 Å². The van der Waals surface area contributed by atoms with Crippen LogP contribution in [-0.2, 0) is 9.59 Å². The molecule has 2 atom stereocenters. The summed E-state index contributed by atoms with van der Waals surface area (Å²) >= 11 is 0. The number of ketones is 1. The van der Waals surface area contributed by atoms with Crippen molar-refractivity contribution < 1.29 is 9.59 Å². The highest BCUT2D eigenvalue weighted by Gasteiger charge is 2.30. The second kappa shape index (κ2) is 5.99. The van der Waals surface area contributed by atoms with Gasteiger partial charge in [-0.3, -0.25) is 14.5 Å². The molecule has 0 radical (unpaired) electrons. The molecular weight excluding hydrogens is 204 g/mol. The summed E-state index contributed by atoms with van der Waals surface area (Å²) in [5.74, 6) is 0.247. The van der Waals surface area contributed by atoms with Gasteiger partial charge in [-0.2, -0.15) is 0 Å². The van der Waals surface area contributed by atoms with Gasteiger partial charge in [0.1, 0.15) is 5.78 Å². The molecule has 1 aliphatic rings. The summed E-state index contributed by atoms with van der Waals surface area (Å²) in [4.78, 5) is 25.0. The topological polar surface area (TPSA) is 49.4 Å². The molecule has 4 nitrogen and oxygen atoms in total. The first-order valence-electron chi connectivity index (χ1n) is 6.03. The lowest BCUT2D eigenvalue weighted by molar-refractivity contribution is -0.128. The highest BCUT2D eigenvalue weighted by Crippen LogP contribution is 2.22. The molecular formula is C12H22N2O2. The number of amides is 1. The van der Waals surface area contributed by atoms with E-state index in [1.165, 1.54) is 0 Å². The fourth-order valence-corrected chi connectivity index (χ4v) is 2.44. The molecule has 0 spiro atoms. The van der Waals surface area contributed by atoms with Gasteiger partial charge in [0.05, 0.1) is 6.04 Å². The van der Waals surface area contributed by atoms with Crippen molar-refractivity contribution in [3.63, 3.8) is 0 Å². The van der Waals surface area contributed by atoms with Crippen molar-refractivity contribution in [2.45, 2.75) is 51.6 Å². The van der Waals surface area contributed by atoms with E-state index in [0.717, 1.165) is 25.8 Å². The highest BCUT2D eigenvalue weighted by atomic mass is 16.2. The van der Waals surface area contributed by atoms with Crippen molar-refractivity contribution >= 4 is 11.7 Å². The Morgan fingerprint density at radius 1 is 1.44 bits per heavy atom. The van der Waals surface area contributed by atoms with E-state index in [0.29, 0.717) is 6.42 Å². The third-order valence-corrected chi connectivity index (χ3v) is 3.32. The molecule has 16 heavy (non-hydrogen) atoms. The van der Waals surface area contributed by atoms with Crippen molar-refractivity contribution in [3.8, 4) is 0 Å². The Kier molecular flexibility index (Phi) is 4.93. The third kappa shape index (κ3) is 3.30. The summed E-state index contributed by atoms with van der Waals surface area (Å²) in [6, 6.07) is 0.119. The summed E-state index contributed by atoms with van der Waals surface area (Å²) in [5.41, 5.74) is 0. The van der Waals surface area contributed by atoms with Crippen LogP contribution in [0.3, 0.4) is 0 Å². The van der Waals surface area contributed by atoms with Crippen LogP contribution in [-0.4, -0.2) is 42.3 Å². The predicted molar refractivity (Wildman–Crippen MR) is 63.2 cm³/mol. The Bertz CT molecular complexity index is 266. The summed E-state index contributed by atoms with van der Waals surface area (Å²) in [7, 11) is 1.66. The maximum Gasteiger partial charge on any atom is 0.236 e. The van der Waals surface area contributed by atoms with E-state index < -0.39 is 0 Å². The van der Waals surface area contributed by atoms with Gasteiger partial charge in [0, 0.05) is 19.5 Å². The molecule has 92 valence electrons. The Balaban J connectivity index is 2.65. The third-order valence-electron chi connectivity index (χ3n) is 3.32. The average Bonchev–Trinajstić information content (AvgIpc) is 2.27. The van der Waals surface area contributed by atoms with Crippen molar-refractivity contribution in [1.82, 2.24) is 10.2 Å². The molecule has 1 heterocycles. The summed E-state index contributed by atoms with van der Waals surface area (Å²) in [6.07, 6.45) is 3.88. The molecule has 2 unspecified atom stereocenters. The zero-order valence-corrected chi connectivity index (χ0v) is 10.5. The first-order valence-corrected chi connectivity index (χ1v) is 6.03. The molecule has 1 fully saturated rings. The number of nitrogens with zero attached hydrogens (tertiary/aromatic N) is 1. The fraction of sp³-hybridized carbons (Fsp3) is 0.833. The van der Waals surface area contributed by atoms with Gasteiger partial charge in [0.2, 0.25) is 5.91 Å². The smallest absolute Gasteiger partial charge is 0.236 e. The Labute approximate surface area is 97.4 Å². The molecule has 1 rings (SSSR count). The van der Waals surface area contributed by atoms with Crippen LogP contribution >= 0.6 is 0 Å². The Hall–Kier alpha value is -0.900. The van der Waals surface area contributed by atoms with Gasteiger partial charge >= 0.3 is 0 Å². The molecule has 1 saturated heterocycles. The predicted octanol–water partition coefficient (Wildman–Crippen LogP) is 0.954. The molecule has 0 bridgehead atoms. The fourth-order valence-electron chi connectivity index (χ4n) is 2.44. The molecule has 4 heteroatoms. The normalized spacial score (nSPS) is 23.8. The standard InChI is InChI=1S/C12H22N2O2/c1-9(15)8-11-6-4-5-7-14(11)10(2)12(16)13-3/h10-11H,4-8H2,1-3H3,(H,13,16). The minimum absolute atomic E-state index is 0.0375. The average molecular weight is 226 g/mol. The van der Waals surface area contributed by atoms with Gasteiger partial charge in [-0.1, -0.05) is 6.42 Å². The minimum Gasteiger partial charge on any atom is -0.358 e. The number of likely N-dealkylation sites (tertiary alicyclic amines) is 1. The molecule has 0 aromatic rings. The molecule has 0 aliphatic carbocycles. The molecule has 1 amide bonds. The minimum atomic E-state index is -0.130. The van der Waals surface area contributed by atoms with E-state index >= 15 is 0 Å². The van der Waals surface area contributed by atoms with Crippen LogP contribution < -0.4 is 5.32 Å². The van der Waals surface area contributed by atoms with Crippen molar-refractivity contribution in [2.75, 3.05) is 13.6 Å². The summed E-state index contributed by atoms with van der Waals surface area (Å²) in [6.45, 7) is 4.46. The number of hydrogen-bond acceptors (Lipinski definition) is 3. The quantitative estimate of drug-likeness (QED) is 0.776. The highest BCUT2D eigenvalue weighted by molar-refractivity contribution is 5.81. The summed E-state index contributed by atoms with van der Waals surface area (Å²) in [5, 5.41) is 2.67. The SMILES string of the molecule is CNC(=O)C(C)N1CCCCC1CC(C)=O. The first-order chi connectivity index (χ1) is 7.56. The van der Waals surface area contributed by atoms with Crippen molar-refractivity contribution in [1.29, 1.82) is 0 Å². The first kappa shape index (κ1) is 13.2. The lowest BCUT2D eigenvalue weighted by atomic mass is 9.96. The number of nitrogens with one attached hydrogen (secondary N) is 1. The van der Waals surface area contributed by atoms with E-state index in [1.54, 1.807) is 14.0 Å². The van der Waals surface area contributed by atoms with Crippen LogP contribution in [0.1, 0.15) is 39.5 Å². The number of piperidine rings is 1. The number of likely N-dealkylation sites (N-methyl/N-ethyl adjacent to an activating group) is 1. The van der Waals surface area contributed by atoms with Gasteiger partial charge < -0.3 is 5.32 Å². The zero-order chi connectivity index (χ0) is 12.1. The van der Waals surface area contributed by atoms with Gasteiger partial charge in [-0.05, 0) is 33.2 Å². The molecule has 1 N–H and O–H groups in total. The Morgan fingerprint density at radius 3 is 2.69 bits per heavy atom. The maximum atomic E-state index is 11.6. The van der Waals surface area contributed by atoms with Crippen molar-refractivity contribution in [3.05, 3.63) is 0 Å². The van der Waals surface area contributed by atoms with Gasteiger partial charge in [-0.15, -0.1) is 0 Å². The number of hydrogen-bond donors (Lipinski definition) is 1. The number of Topliss-reactive ketones (excluding diaryl/α,β-unsaturated/α-hetero) is 1. The second-order valence-corrected chi connectivity index (χ2v) is 4.58. The van der Waals surface area contributed by atoms with Gasteiger partial charge in [-0.25, -0.2) is 0 Å². The van der Waals surface area contributed by atoms with E-state index in [1.807, 2.05) is 6.92 Å². The van der Waals surface area contributed by atoms with Crippen molar-refractivity contribution in [2.24, 2.45) is 0 Å². The maximum absolute atomic E-state index is 11.6. The van der Waals surface area contributed by atoms with Gasteiger partial charge in [0.15, 0.2) is 0 Å². The second-order valence-electron chi connectivity index (χ2n) is 4.58. The molecule has 0 saturated carbocycles. The monoisotopic (exact) mass is 226 g/mol. The lowest BCUT2D eigenvalue weighted by Gasteiger charge is -2.38. The van der Waals surface area contributed by atoms with E-state index in [9.17, 15) is 9.59 Å². The van der Waals surface area contributed by atoms with E-state index in [4.69, 9.17) is 0 Å². The lowest BCUT2D eigenvalue weighted by Crippen LogP contribution is -2.51. The number of rotatable bonds is 4. The van der Waals surface area contributed by atoms with Gasteiger partial charge in [0.25, 0.3) is 0 Å². The van der Waals surface area contributed by atoms with E-state index in [2.05, 4.69) is 10.2 Å².